The van der Waals surface area contributed by atoms with Crippen LogP contribution in [0.2, 0.25) is 0 Å². The Hall–Kier alpha value is -1.25. The first kappa shape index (κ1) is 14.2. The van der Waals surface area contributed by atoms with Crippen molar-refractivity contribution in [3.05, 3.63) is 31.4 Å². The molecule has 0 unspecified atom stereocenters. The fourth-order valence-corrected chi connectivity index (χ4v) is 3.52. The van der Waals surface area contributed by atoms with E-state index in [-0.39, 0.29) is 5.91 Å². The van der Waals surface area contributed by atoms with Crippen molar-refractivity contribution in [2.24, 2.45) is 0 Å². The van der Waals surface area contributed by atoms with Gasteiger partial charge in [0, 0.05) is 9.85 Å². The number of carbonyl (C=O) groups is 2. The minimum atomic E-state index is -0.450. The Labute approximate surface area is 125 Å². The molecule has 0 saturated carbocycles. The highest BCUT2D eigenvalue weighted by atomic mass is 79.9. The summed E-state index contributed by atoms with van der Waals surface area (Å²) in [6, 6.07) is 1.72. The summed E-state index contributed by atoms with van der Waals surface area (Å²) in [6.07, 6.45) is 0. The maximum atomic E-state index is 11.9. The summed E-state index contributed by atoms with van der Waals surface area (Å²) < 4.78 is 5.49. The lowest BCUT2D eigenvalue weighted by atomic mass is 10.4. The van der Waals surface area contributed by atoms with Crippen molar-refractivity contribution < 1.29 is 14.3 Å². The highest BCUT2D eigenvalue weighted by Gasteiger charge is 2.17. The molecule has 8 heteroatoms. The number of methoxy groups -OCH3 is 1. The molecule has 0 spiro atoms. The van der Waals surface area contributed by atoms with Crippen LogP contribution in [0.25, 0.3) is 0 Å². The lowest BCUT2D eigenvalue weighted by molar-refractivity contribution is 0.0605. The lowest BCUT2D eigenvalue weighted by Crippen LogP contribution is -2.09. The van der Waals surface area contributed by atoms with Gasteiger partial charge >= 0.3 is 5.97 Å². The van der Waals surface area contributed by atoms with Gasteiger partial charge in [0.25, 0.3) is 5.91 Å². The monoisotopic (exact) mass is 360 g/mol. The highest BCUT2D eigenvalue weighted by Crippen LogP contribution is 2.25. The van der Waals surface area contributed by atoms with Crippen molar-refractivity contribution in [1.29, 1.82) is 0 Å². The normalized spacial score (nSPS) is 10.3. The summed E-state index contributed by atoms with van der Waals surface area (Å²) in [5, 5.41) is 4.87. The third-order valence-corrected chi connectivity index (χ3v) is 4.92. The van der Waals surface area contributed by atoms with Gasteiger partial charge in [0.1, 0.15) is 4.88 Å². The first-order valence-electron chi connectivity index (χ1n) is 5.12. The molecule has 0 radical (unpaired) electrons. The molecule has 100 valence electrons. The molecule has 0 saturated heterocycles. The van der Waals surface area contributed by atoms with Crippen LogP contribution in [0.4, 0.5) is 5.13 Å². The predicted molar refractivity (Wildman–Crippen MR) is 78.2 cm³/mol. The molecule has 2 aromatic rings. The van der Waals surface area contributed by atoms with E-state index in [1.165, 1.54) is 18.4 Å². The molecule has 0 aromatic carbocycles. The fourth-order valence-electron chi connectivity index (χ4n) is 1.32. The van der Waals surface area contributed by atoms with Crippen molar-refractivity contribution in [3.8, 4) is 0 Å². The third kappa shape index (κ3) is 3.20. The van der Waals surface area contributed by atoms with Gasteiger partial charge in [-0.25, -0.2) is 9.78 Å². The third-order valence-electron chi connectivity index (χ3n) is 2.18. The SMILES string of the molecule is COC(=O)c1sc(NC(=O)c2cc(Br)cs2)nc1C. The Kier molecular flexibility index (Phi) is 4.33. The van der Waals surface area contributed by atoms with Crippen LogP contribution in [-0.2, 0) is 4.74 Å². The minimum absolute atomic E-state index is 0.249. The minimum Gasteiger partial charge on any atom is -0.465 e. The van der Waals surface area contributed by atoms with Gasteiger partial charge in [-0.05, 0) is 28.9 Å². The Morgan fingerprint density at radius 1 is 1.47 bits per heavy atom. The molecule has 1 amide bonds. The summed E-state index contributed by atoms with van der Waals surface area (Å²) >= 11 is 5.71. The van der Waals surface area contributed by atoms with Crippen LogP contribution in [-0.4, -0.2) is 24.0 Å². The molecule has 0 aliphatic heterocycles. The number of rotatable bonds is 3. The molecule has 0 fully saturated rings. The molecule has 0 atom stereocenters. The molecule has 0 bridgehead atoms. The van der Waals surface area contributed by atoms with Gasteiger partial charge in [-0.2, -0.15) is 0 Å². The number of thiophene rings is 1. The summed E-state index contributed by atoms with van der Waals surface area (Å²) in [5.41, 5.74) is 0.541. The molecule has 2 heterocycles. The van der Waals surface area contributed by atoms with Crippen LogP contribution in [0.5, 0.6) is 0 Å². The van der Waals surface area contributed by atoms with Crippen molar-refractivity contribution in [3.63, 3.8) is 0 Å². The molecule has 0 aliphatic rings. The molecule has 5 nitrogen and oxygen atoms in total. The number of hydrogen-bond donors (Lipinski definition) is 1. The standard InChI is InChI=1S/C11H9BrN2O3S2/c1-5-8(10(16)17-2)19-11(13-5)14-9(15)7-3-6(12)4-18-7/h3-4H,1-2H3,(H,13,14,15). The number of nitrogens with one attached hydrogen (secondary N) is 1. The maximum Gasteiger partial charge on any atom is 0.350 e. The van der Waals surface area contributed by atoms with Crippen molar-refractivity contribution in [2.75, 3.05) is 12.4 Å². The van der Waals surface area contributed by atoms with Crippen molar-refractivity contribution >= 4 is 55.6 Å². The molecule has 1 N–H and O–H groups in total. The van der Waals surface area contributed by atoms with E-state index in [0.717, 1.165) is 15.8 Å². The lowest BCUT2D eigenvalue weighted by Gasteiger charge is -1.97. The second kappa shape index (κ2) is 5.81. The Morgan fingerprint density at radius 3 is 2.79 bits per heavy atom. The second-order valence-corrected chi connectivity index (χ2v) is 6.33. The van der Waals surface area contributed by atoms with E-state index in [9.17, 15) is 9.59 Å². The number of thiazole rings is 1. The first-order valence-corrected chi connectivity index (χ1v) is 7.61. The summed E-state index contributed by atoms with van der Waals surface area (Å²) in [5.74, 6) is -0.699. The number of hydrogen-bond acceptors (Lipinski definition) is 6. The van der Waals surface area contributed by atoms with Gasteiger partial charge in [0.2, 0.25) is 0 Å². The summed E-state index contributed by atoms with van der Waals surface area (Å²) in [6.45, 7) is 1.69. The van der Waals surface area contributed by atoms with Gasteiger partial charge in [-0.15, -0.1) is 11.3 Å². The molecule has 0 aliphatic carbocycles. The van der Waals surface area contributed by atoms with E-state index >= 15 is 0 Å². The van der Waals surface area contributed by atoms with E-state index < -0.39 is 5.97 Å². The average Bonchev–Trinajstić information content (AvgIpc) is 2.95. The van der Waals surface area contributed by atoms with E-state index in [4.69, 9.17) is 0 Å². The highest BCUT2D eigenvalue weighted by molar-refractivity contribution is 9.10. The average molecular weight is 361 g/mol. The molecule has 2 rings (SSSR count). The Morgan fingerprint density at radius 2 is 2.21 bits per heavy atom. The van der Waals surface area contributed by atoms with Crippen LogP contribution < -0.4 is 5.32 Å². The zero-order chi connectivity index (χ0) is 14.0. The van der Waals surface area contributed by atoms with Gasteiger partial charge in [-0.3, -0.25) is 10.1 Å². The maximum absolute atomic E-state index is 11.9. The quantitative estimate of drug-likeness (QED) is 0.852. The fraction of sp³-hybridized carbons (Fsp3) is 0.182. The molecular weight excluding hydrogens is 352 g/mol. The van der Waals surface area contributed by atoms with Gasteiger partial charge in [0.05, 0.1) is 17.7 Å². The van der Waals surface area contributed by atoms with Crippen LogP contribution in [0.15, 0.2) is 15.9 Å². The molecular formula is C11H9BrN2O3S2. The summed E-state index contributed by atoms with van der Waals surface area (Å²) in [7, 11) is 1.31. The van der Waals surface area contributed by atoms with Crippen LogP contribution in [0.3, 0.4) is 0 Å². The van der Waals surface area contributed by atoms with Crippen molar-refractivity contribution in [1.82, 2.24) is 4.98 Å². The van der Waals surface area contributed by atoms with Crippen molar-refractivity contribution in [2.45, 2.75) is 6.92 Å². The number of esters is 1. The van der Waals surface area contributed by atoms with Crippen LogP contribution in [0.1, 0.15) is 25.0 Å². The van der Waals surface area contributed by atoms with Gasteiger partial charge in [0.15, 0.2) is 5.13 Å². The van der Waals surface area contributed by atoms with Gasteiger partial charge in [-0.1, -0.05) is 11.3 Å². The summed E-state index contributed by atoms with van der Waals surface area (Å²) in [4.78, 5) is 28.4. The largest absolute Gasteiger partial charge is 0.465 e. The number of aryl methyl sites for hydroxylation is 1. The first-order chi connectivity index (χ1) is 9.01. The van der Waals surface area contributed by atoms with Crippen LogP contribution in [0, 0.1) is 6.92 Å². The number of nitrogens with zero attached hydrogens (tertiary/aromatic N) is 1. The number of carbonyl (C=O) groups excluding carboxylic acids is 2. The number of aromatic nitrogens is 1. The smallest absolute Gasteiger partial charge is 0.350 e. The number of halogens is 1. The zero-order valence-corrected chi connectivity index (χ0v) is 13.2. The Balaban J connectivity index is 2.16. The van der Waals surface area contributed by atoms with E-state index in [1.807, 2.05) is 5.38 Å². The van der Waals surface area contributed by atoms with Crippen LogP contribution >= 0.6 is 38.6 Å². The molecule has 2 aromatic heterocycles. The topological polar surface area (TPSA) is 68.3 Å². The second-order valence-electron chi connectivity index (χ2n) is 3.51. The van der Waals surface area contributed by atoms with E-state index in [2.05, 4.69) is 31.0 Å². The predicted octanol–water partition coefficient (Wildman–Crippen LogP) is 3.31. The zero-order valence-electron chi connectivity index (χ0n) is 10.0. The number of ether oxygens (including phenoxy) is 1. The molecule has 19 heavy (non-hydrogen) atoms. The Bertz CT molecular complexity index is 636. The van der Waals surface area contributed by atoms with Gasteiger partial charge < -0.3 is 4.74 Å². The number of anilines is 1. The number of amides is 1. The van der Waals surface area contributed by atoms with E-state index in [0.29, 0.717) is 20.6 Å². The van der Waals surface area contributed by atoms with E-state index in [1.54, 1.807) is 13.0 Å².